The number of rotatable bonds is 6. The molecule has 2 nitrogen and oxygen atoms in total. The zero-order chi connectivity index (χ0) is 12.6. The van der Waals surface area contributed by atoms with Gasteiger partial charge in [0.2, 0.25) is 0 Å². The van der Waals surface area contributed by atoms with Gasteiger partial charge in [-0.15, -0.1) is 0 Å². The van der Waals surface area contributed by atoms with Crippen molar-refractivity contribution in [3.63, 3.8) is 0 Å². The van der Waals surface area contributed by atoms with Crippen LogP contribution in [-0.2, 0) is 6.54 Å². The monoisotopic (exact) mass is 245 g/mol. The first kappa shape index (κ1) is 12.0. The van der Waals surface area contributed by atoms with Crippen LogP contribution in [0, 0.1) is 18.3 Å². The Bertz CT molecular complexity index is 433. The van der Waals surface area contributed by atoms with E-state index in [2.05, 4.69) is 30.4 Å². The van der Waals surface area contributed by atoms with E-state index in [-0.39, 0.29) is 0 Å². The van der Waals surface area contributed by atoms with E-state index in [9.17, 15) is 0 Å². The van der Waals surface area contributed by atoms with Gasteiger partial charge in [-0.05, 0) is 61.1 Å². The van der Waals surface area contributed by atoms with Gasteiger partial charge in [0.1, 0.15) is 5.75 Å². The lowest BCUT2D eigenvalue weighted by atomic mass is 10.0. The average molecular weight is 245 g/mol. The Hall–Kier alpha value is -1.02. The molecule has 2 fully saturated rings. The summed E-state index contributed by atoms with van der Waals surface area (Å²) in [6, 6.07) is 6.46. The normalized spacial score (nSPS) is 20.8. The van der Waals surface area contributed by atoms with Crippen LogP contribution < -0.4 is 10.1 Å². The quantitative estimate of drug-likeness (QED) is 0.830. The fraction of sp³-hybridized carbons (Fsp3) is 0.625. The molecule has 0 radical (unpaired) electrons. The van der Waals surface area contributed by atoms with Gasteiger partial charge in [0.25, 0.3) is 0 Å². The Morgan fingerprint density at radius 3 is 2.67 bits per heavy atom. The minimum atomic E-state index is 0.696. The van der Waals surface area contributed by atoms with Gasteiger partial charge in [0, 0.05) is 13.1 Å². The third kappa shape index (κ3) is 2.39. The molecule has 0 spiro atoms. The summed E-state index contributed by atoms with van der Waals surface area (Å²) in [7, 11) is 1.73. The highest BCUT2D eigenvalue weighted by atomic mass is 16.5. The fourth-order valence-electron chi connectivity index (χ4n) is 3.09. The summed E-state index contributed by atoms with van der Waals surface area (Å²) < 4.78 is 5.29. The van der Waals surface area contributed by atoms with Crippen molar-refractivity contribution in [1.82, 2.24) is 5.32 Å². The van der Waals surface area contributed by atoms with E-state index in [4.69, 9.17) is 4.74 Å². The number of hydrogen-bond donors (Lipinski definition) is 1. The lowest BCUT2D eigenvalue weighted by Crippen LogP contribution is -2.25. The van der Waals surface area contributed by atoms with Crippen LogP contribution in [0.15, 0.2) is 18.2 Å². The Kier molecular flexibility index (Phi) is 3.06. The molecule has 2 heteroatoms. The van der Waals surface area contributed by atoms with Gasteiger partial charge in [-0.25, -0.2) is 0 Å². The van der Waals surface area contributed by atoms with Crippen molar-refractivity contribution in [3.05, 3.63) is 29.3 Å². The van der Waals surface area contributed by atoms with Gasteiger partial charge >= 0.3 is 0 Å². The lowest BCUT2D eigenvalue weighted by molar-refractivity contribution is 0.402. The van der Waals surface area contributed by atoms with Crippen LogP contribution in [0.5, 0.6) is 5.75 Å². The Labute approximate surface area is 110 Å². The molecule has 3 rings (SSSR count). The standard InChI is InChI=1S/C16H23NO/c1-12-9-13(3-6-15(12)18-2)10-17-11-16(7-8-16)14-4-5-14/h3,6,9,14,17H,4-5,7-8,10-11H2,1-2H3. The van der Waals surface area contributed by atoms with Crippen LogP contribution in [0.4, 0.5) is 0 Å². The molecule has 18 heavy (non-hydrogen) atoms. The van der Waals surface area contributed by atoms with E-state index in [0.29, 0.717) is 5.41 Å². The summed E-state index contributed by atoms with van der Waals surface area (Å²) in [6.07, 6.45) is 5.85. The van der Waals surface area contributed by atoms with E-state index >= 15 is 0 Å². The van der Waals surface area contributed by atoms with E-state index in [1.54, 1.807) is 7.11 Å². The average Bonchev–Trinajstić information content (AvgIpc) is 3.23. The Morgan fingerprint density at radius 2 is 2.11 bits per heavy atom. The van der Waals surface area contributed by atoms with Crippen molar-refractivity contribution in [2.24, 2.45) is 11.3 Å². The maximum atomic E-state index is 5.29. The summed E-state index contributed by atoms with van der Waals surface area (Å²) in [6.45, 7) is 4.30. The van der Waals surface area contributed by atoms with E-state index in [1.165, 1.54) is 43.4 Å². The molecular weight excluding hydrogens is 222 g/mol. The molecule has 2 aliphatic carbocycles. The molecule has 1 aromatic carbocycles. The molecule has 2 saturated carbocycles. The highest BCUT2D eigenvalue weighted by molar-refractivity contribution is 5.36. The minimum absolute atomic E-state index is 0.696. The first-order chi connectivity index (χ1) is 8.73. The molecule has 1 aromatic rings. The van der Waals surface area contributed by atoms with E-state index < -0.39 is 0 Å². The molecule has 0 unspecified atom stereocenters. The van der Waals surface area contributed by atoms with Crippen LogP contribution in [0.2, 0.25) is 0 Å². The SMILES string of the molecule is COc1ccc(CNCC2(C3CC3)CC2)cc1C. The lowest BCUT2D eigenvalue weighted by Gasteiger charge is -2.15. The number of ether oxygens (including phenoxy) is 1. The van der Waals surface area contributed by atoms with E-state index in [0.717, 1.165) is 18.2 Å². The molecule has 2 aliphatic rings. The second-order valence-electron chi connectivity index (χ2n) is 6.04. The molecule has 1 N–H and O–H groups in total. The smallest absolute Gasteiger partial charge is 0.121 e. The van der Waals surface area contributed by atoms with E-state index in [1.807, 2.05) is 0 Å². The summed E-state index contributed by atoms with van der Waals surface area (Å²) in [5.74, 6) is 2.03. The van der Waals surface area contributed by atoms with Gasteiger partial charge < -0.3 is 10.1 Å². The van der Waals surface area contributed by atoms with Gasteiger partial charge in [0.15, 0.2) is 0 Å². The van der Waals surface area contributed by atoms with Gasteiger partial charge in [-0.1, -0.05) is 12.1 Å². The van der Waals surface area contributed by atoms with Crippen molar-refractivity contribution in [2.45, 2.75) is 39.2 Å². The van der Waals surface area contributed by atoms with Gasteiger partial charge in [-0.2, -0.15) is 0 Å². The fourth-order valence-corrected chi connectivity index (χ4v) is 3.09. The first-order valence-electron chi connectivity index (χ1n) is 7.08. The van der Waals surface area contributed by atoms with Crippen molar-refractivity contribution in [2.75, 3.05) is 13.7 Å². The second-order valence-corrected chi connectivity index (χ2v) is 6.04. The predicted molar refractivity (Wildman–Crippen MR) is 73.8 cm³/mol. The Balaban J connectivity index is 1.52. The van der Waals surface area contributed by atoms with Crippen molar-refractivity contribution >= 4 is 0 Å². The first-order valence-corrected chi connectivity index (χ1v) is 7.08. The van der Waals surface area contributed by atoms with Crippen molar-refractivity contribution in [3.8, 4) is 5.75 Å². The number of nitrogens with one attached hydrogen (secondary N) is 1. The molecule has 0 atom stereocenters. The van der Waals surface area contributed by atoms with Crippen LogP contribution in [0.1, 0.15) is 36.8 Å². The number of aryl methyl sites for hydroxylation is 1. The highest BCUT2D eigenvalue weighted by Crippen LogP contribution is 2.60. The van der Waals surface area contributed by atoms with Crippen molar-refractivity contribution < 1.29 is 4.74 Å². The molecule has 0 heterocycles. The minimum Gasteiger partial charge on any atom is -0.496 e. The zero-order valence-electron chi connectivity index (χ0n) is 11.5. The van der Waals surface area contributed by atoms with Gasteiger partial charge in [-0.3, -0.25) is 0 Å². The number of methoxy groups -OCH3 is 1. The van der Waals surface area contributed by atoms with Crippen LogP contribution in [0.3, 0.4) is 0 Å². The summed E-state index contributed by atoms with van der Waals surface area (Å²) in [5, 5.41) is 3.65. The molecule has 0 aromatic heterocycles. The summed E-state index contributed by atoms with van der Waals surface area (Å²) >= 11 is 0. The molecule has 98 valence electrons. The maximum Gasteiger partial charge on any atom is 0.121 e. The van der Waals surface area contributed by atoms with Crippen LogP contribution in [0.25, 0.3) is 0 Å². The Morgan fingerprint density at radius 1 is 1.33 bits per heavy atom. The second kappa shape index (κ2) is 4.58. The zero-order valence-corrected chi connectivity index (χ0v) is 11.5. The summed E-state index contributed by atoms with van der Waals surface area (Å²) in [4.78, 5) is 0. The maximum absolute atomic E-state index is 5.29. The topological polar surface area (TPSA) is 21.3 Å². The molecule has 0 bridgehead atoms. The largest absolute Gasteiger partial charge is 0.496 e. The highest BCUT2D eigenvalue weighted by Gasteiger charge is 2.53. The van der Waals surface area contributed by atoms with Crippen LogP contribution in [-0.4, -0.2) is 13.7 Å². The summed E-state index contributed by atoms with van der Waals surface area (Å²) in [5.41, 5.74) is 3.28. The number of hydrogen-bond acceptors (Lipinski definition) is 2. The van der Waals surface area contributed by atoms with Crippen LogP contribution >= 0.6 is 0 Å². The molecule has 0 amide bonds. The van der Waals surface area contributed by atoms with Gasteiger partial charge in [0.05, 0.1) is 7.11 Å². The molecular formula is C16H23NO. The molecule has 0 aliphatic heterocycles. The predicted octanol–water partition coefficient (Wildman–Crippen LogP) is 3.28. The third-order valence-electron chi connectivity index (χ3n) is 4.60. The van der Waals surface area contributed by atoms with Crippen molar-refractivity contribution in [1.29, 1.82) is 0 Å². The third-order valence-corrected chi connectivity index (χ3v) is 4.60. The number of benzene rings is 1. The molecule has 0 saturated heterocycles.